The Morgan fingerprint density at radius 2 is 1.74 bits per heavy atom. The Bertz CT molecular complexity index is 643. The number of methoxy groups -OCH3 is 1. The minimum absolute atomic E-state index is 0.0466. The third kappa shape index (κ3) is 7.29. The second kappa shape index (κ2) is 9.94. The van der Waals surface area contributed by atoms with E-state index in [1.54, 1.807) is 18.7 Å². The van der Waals surface area contributed by atoms with Gasteiger partial charge in [-0.1, -0.05) is 44.2 Å². The fourth-order valence-corrected chi connectivity index (χ4v) is 2.73. The van der Waals surface area contributed by atoms with Crippen molar-refractivity contribution in [3.63, 3.8) is 0 Å². The first-order valence-corrected chi connectivity index (χ1v) is 8.91. The van der Waals surface area contributed by atoms with E-state index in [-0.39, 0.29) is 24.3 Å². The zero-order valence-corrected chi connectivity index (χ0v) is 16.9. The predicted octanol–water partition coefficient (Wildman–Crippen LogP) is 2.74. The average molecular weight is 378 g/mol. The zero-order chi connectivity index (χ0) is 20.6. The summed E-state index contributed by atoms with van der Waals surface area (Å²) >= 11 is 0. The standard InChI is InChI=1S/C20H30N2O5/c1-14(2)17(18(24)21-20(4,5)13-27-19(25)26-6)22(15(3)23)12-16-10-8-7-9-11-16/h7-11,14,17H,12-13H2,1-6H3,(H,21,24). The monoisotopic (exact) mass is 378 g/mol. The van der Waals surface area contributed by atoms with E-state index in [0.717, 1.165) is 5.56 Å². The fourth-order valence-electron chi connectivity index (χ4n) is 2.73. The number of benzene rings is 1. The van der Waals surface area contributed by atoms with Crippen LogP contribution in [0.3, 0.4) is 0 Å². The van der Waals surface area contributed by atoms with Crippen LogP contribution in [-0.4, -0.2) is 48.2 Å². The molecule has 1 aromatic rings. The van der Waals surface area contributed by atoms with Crippen molar-refractivity contribution < 1.29 is 23.9 Å². The number of hydrogen-bond donors (Lipinski definition) is 1. The summed E-state index contributed by atoms with van der Waals surface area (Å²) < 4.78 is 9.39. The first-order chi connectivity index (χ1) is 12.6. The highest BCUT2D eigenvalue weighted by Gasteiger charge is 2.34. The molecule has 27 heavy (non-hydrogen) atoms. The molecule has 7 heteroatoms. The van der Waals surface area contributed by atoms with Gasteiger partial charge in [0.25, 0.3) is 0 Å². The van der Waals surface area contributed by atoms with Gasteiger partial charge in [0, 0.05) is 13.5 Å². The number of carbonyl (C=O) groups excluding carboxylic acids is 3. The molecule has 0 aliphatic carbocycles. The van der Waals surface area contributed by atoms with Crippen LogP contribution in [-0.2, 0) is 25.6 Å². The van der Waals surface area contributed by atoms with E-state index >= 15 is 0 Å². The van der Waals surface area contributed by atoms with Gasteiger partial charge in [0.05, 0.1) is 12.6 Å². The summed E-state index contributed by atoms with van der Waals surface area (Å²) in [6.45, 7) is 9.00. The lowest BCUT2D eigenvalue weighted by Crippen LogP contribution is -2.57. The molecule has 1 unspecified atom stereocenters. The van der Waals surface area contributed by atoms with Gasteiger partial charge in [0.1, 0.15) is 12.6 Å². The van der Waals surface area contributed by atoms with Crippen molar-refractivity contribution in [1.29, 1.82) is 0 Å². The molecule has 7 nitrogen and oxygen atoms in total. The molecule has 1 aromatic carbocycles. The molecule has 1 N–H and O–H groups in total. The van der Waals surface area contributed by atoms with Gasteiger partial charge < -0.3 is 19.7 Å². The SMILES string of the molecule is COC(=O)OCC(C)(C)NC(=O)C(C(C)C)N(Cc1ccccc1)C(C)=O. The van der Waals surface area contributed by atoms with Gasteiger partial charge in [-0.3, -0.25) is 9.59 Å². The summed E-state index contributed by atoms with van der Waals surface area (Å²) in [6, 6.07) is 8.87. The summed E-state index contributed by atoms with van der Waals surface area (Å²) in [5.41, 5.74) is 0.132. The Balaban J connectivity index is 2.94. The molecule has 1 atom stereocenters. The first-order valence-electron chi connectivity index (χ1n) is 8.91. The Morgan fingerprint density at radius 1 is 1.15 bits per heavy atom. The van der Waals surface area contributed by atoms with Crippen molar-refractivity contribution in [3.05, 3.63) is 35.9 Å². The van der Waals surface area contributed by atoms with E-state index < -0.39 is 17.7 Å². The Kier molecular flexibility index (Phi) is 8.28. The number of amides is 2. The van der Waals surface area contributed by atoms with Gasteiger partial charge in [-0.15, -0.1) is 0 Å². The lowest BCUT2D eigenvalue weighted by molar-refractivity contribution is -0.142. The molecule has 2 amide bonds. The fraction of sp³-hybridized carbons (Fsp3) is 0.550. The van der Waals surface area contributed by atoms with Crippen LogP contribution >= 0.6 is 0 Å². The van der Waals surface area contributed by atoms with Gasteiger partial charge >= 0.3 is 6.16 Å². The lowest BCUT2D eigenvalue weighted by atomic mass is 9.98. The van der Waals surface area contributed by atoms with E-state index in [2.05, 4.69) is 10.1 Å². The van der Waals surface area contributed by atoms with Crippen molar-refractivity contribution in [2.45, 2.75) is 52.7 Å². The van der Waals surface area contributed by atoms with Crippen LogP contribution in [0.15, 0.2) is 30.3 Å². The Morgan fingerprint density at radius 3 is 2.22 bits per heavy atom. The third-order valence-corrected chi connectivity index (χ3v) is 4.02. The molecule has 0 spiro atoms. The van der Waals surface area contributed by atoms with Crippen LogP contribution in [0.1, 0.15) is 40.2 Å². The van der Waals surface area contributed by atoms with Crippen LogP contribution in [0.5, 0.6) is 0 Å². The molecule has 0 saturated carbocycles. The van der Waals surface area contributed by atoms with Gasteiger partial charge in [0.15, 0.2) is 0 Å². The summed E-state index contributed by atoms with van der Waals surface area (Å²) in [6.07, 6.45) is -0.813. The summed E-state index contributed by atoms with van der Waals surface area (Å²) in [5, 5.41) is 2.87. The molecule has 0 aromatic heterocycles. The first kappa shape index (κ1) is 22.5. The van der Waals surface area contributed by atoms with Gasteiger partial charge in [-0.25, -0.2) is 4.79 Å². The van der Waals surface area contributed by atoms with E-state index in [4.69, 9.17) is 4.74 Å². The minimum Gasteiger partial charge on any atom is -0.438 e. The molecular weight excluding hydrogens is 348 g/mol. The van der Waals surface area contributed by atoms with Gasteiger partial charge in [0.2, 0.25) is 11.8 Å². The number of nitrogens with one attached hydrogen (secondary N) is 1. The molecular formula is C20H30N2O5. The van der Waals surface area contributed by atoms with E-state index in [1.165, 1.54) is 14.0 Å². The van der Waals surface area contributed by atoms with Crippen molar-refractivity contribution >= 4 is 18.0 Å². The molecule has 0 fully saturated rings. The van der Waals surface area contributed by atoms with Crippen LogP contribution < -0.4 is 5.32 Å². The number of hydrogen-bond acceptors (Lipinski definition) is 5. The topological polar surface area (TPSA) is 84.9 Å². The average Bonchev–Trinajstić information content (AvgIpc) is 2.59. The molecule has 0 heterocycles. The minimum atomic E-state index is -0.813. The van der Waals surface area contributed by atoms with Gasteiger partial charge in [-0.05, 0) is 25.3 Å². The summed E-state index contributed by atoms with van der Waals surface area (Å²) in [7, 11) is 1.22. The molecule has 1 rings (SSSR count). The maximum atomic E-state index is 13.0. The maximum absolute atomic E-state index is 13.0. The zero-order valence-electron chi connectivity index (χ0n) is 16.9. The smallest absolute Gasteiger partial charge is 0.438 e. The van der Waals surface area contributed by atoms with Crippen molar-refractivity contribution in [3.8, 4) is 0 Å². The van der Waals surface area contributed by atoms with Crippen molar-refractivity contribution in [2.75, 3.05) is 13.7 Å². The molecule has 0 aliphatic heterocycles. The van der Waals surface area contributed by atoms with E-state index in [1.807, 2.05) is 44.2 Å². The van der Waals surface area contributed by atoms with Crippen molar-refractivity contribution in [2.24, 2.45) is 5.92 Å². The van der Waals surface area contributed by atoms with Crippen molar-refractivity contribution in [1.82, 2.24) is 10.2 Å². The number of carbonyl (C=O) groups is 3. The predicted molar refractivity (Wildman–Crippen MR) is 102 cm³/mol. The third-order valence-electron chi connectivity index (χ3n) is 4.02. The summed E-state index contributed by atoms with van der Waals surface area (Å²) in [4.78, 5) is 38.0. The lowest BCUT2D eigenvalue weighted by Gasteiger charge is -2.35. The second-order valence-electron chi connectivity index (χ2n) is 7.44. The largest absolute Gasteiger partial charge is 0.508 e. The molecule has 150 valence electrons. The Labute approximate surface area is 161 Å². The van der Waals surface area contributed by atoms with Gasteiger partial charge in [-0.2, -0.15) is 0 Å². The second-order valence-corrected chi connectivity index (χ2v) is 7.44. The molecule has 0 saturated heterocycles. The van der Waals surface area contributed by atoms with E-state index in [0.29, 0.717) is 6.54 Å². The van der Waals surface area contributed by atoms with Crippen LogP contribution in [0.25, 0.3) is 0 Å². The normalized spacial score (nSPS) is 12.3. The number of ether oxygens (including phenoxy) is 2. The molecule has 0 radical (unpaired) electrons. The highest BCUT2D eigenvalue weighted by atomic mass is 16.7. The highest BCUT2D eigenvalue weighted by Crippen LogP contribution is 2.17. The highest BCUT2D eigenvalue weighted by molar-refractivity contribution is 5.87. The number of nitrogens with zero attached hydrogens (tertiary/aromatic N) is 1. The summed E-state index contributed by atoms with van der Waals surface area (Å²) in [5.74, 6) is -0.583. The molecule has 0 aliphatic rings. The van der Waals surface area contributed by atoms with E-state index in [9.17, 15) is 14.4 Å². The Hall–Kier alpha value is -2.57. The van der Waals surface area contributed by atoms with Crippen LogP contribution in [0, 0.1) is 5.92 Å². The maximum Gasteiger partial charge on any atom is 0.508 e. The molecule has 0 bridgehead atoms. The van der Waals surface area contributed by atoms with Crippen LogP contribution in [0.2, 0.25) is 0 Å². The number of rotatable bonds is 8. The van der Waals surface area contributed by atoms with Crippen LogP contribution in [0.4, 0.5) is 4.79 Å². The quantitative estimate of drug-likeness (QED) is 0.703.